The summed E-state index contributed by atoms with van der Waals surface area (Å²) >= 11 is 0. The summed E-state index contributed by atoms with van der Waals surface area (Å²) in [5.74, 6) is -0.999. The number of hydrogen-bond acceptors (Lipinski definition) is 3. The number of carbonyl (C=O) groups is 2. The maximum atomic E-state index is 12.3. The smallest absolute Gasteiger partial charge is 0.251 e. The second-order valence-corrected chi connectivity index (χ2v) is 5.13. The van der Waals surface area contributed by atoms with Gasteiger partial charge in [-0.2, -0.15) is 0 Å². The van der Waals surface area contributed by atoms with Crippen molar-refractivity contribution in [3.63, 3.8) is 0 Å². The fraction of sp³-hybridized carbons (Fsp3) is 0.176. The molecule has 3 rings (SSSR count). The highest BCUT2D eigenvalue weighted by molar-refractivity contribution is 6.00. The molecule has 112 valence electrons. The van der Waals surface area contributed by atoms with Crippen LogP contribution in [0.15, 0.2) is 54.6 Å². The molecule has 0 aliphatic carbocycles. The lowest BCUT2D eigenvalue weighted by molar-refractivity contribution is -0.137. The van der Waals surface area contributed by atoms with E-state index in [1.807, 2.05) is 48.5 Å². The number of benzene rings is 2. The second-order valence-electron chi connectivity index (χ2n) is 5.13. The number of amides is 2. The Morgan fingerprint density at radius 2 is 1.86 bits per heavy atom. The van der Waals surface area contributed by atoms with E-state index in [0.29, 0.717) is 5.69 Å². The zero-order valence-electron chi connectivity index (χ0n) is 11.9. The third-order valence-electron chi connectivity index (χ3n) is 3.57. The summed E-state index contributed by atoms with van der Waals surface area (Å²) in [5.41, 5.74) is 4.90. The van der Waals surface area contributed by atoms with Crippen LogP contribution in [0.2, 0.25) is 0 Å². The number of fused-ring (bicyclic) bond motifs is 1. The van der Waals surface area contributed by atoms with E-state index in [2.05, 4.69) is 10.8 Å². The zero-order chi connectivity index (χ0) is 15.4. The molecule has 1 aliphatic rings. The van der Waals surface area contributed by atoms with E-state index in [-0.39, 0.29) is 24.8 Å². The minimum absolute atomic E-state index is 0.123. The van der Waals surface area contributed by atoms with Crippen LogP contribution in [0.25, 0.3) is 0 Å². The van der Waals surface area contributed by atoms with Gasteiger partial charge in [-0.15, -0.1) is 0 Å². The number of hydrogen-bond donors (Lipinski definition) is 2. The molecule has 5 nitrogen and oxygen atoms in total. The number of hydroxylamine groups is 1. The van der Waals surface area contributed by atoms with Gasteiger partial charge in [-0.25, -0.2) is 5.48 Å². The van der Waals surface area contributed by atoms with Crippen LogP contribution in [-0.2, 0) is 21.0 Å². The third-order valence-corrected chi connectivity index (χ3v) is 3.57. The Kier molecular flexibility index (Phi) is 4.16. The number of para-hydroxylation sites is 1. The number of rotatable bonds is 4. The molecule has 0 bridgehead atoms. The first kappa shape index (κ1) is 14.3. The molecule has 0 spiro atoms. The average Bonchev–Trinajstić information content (AvgIpc) is 2.55. The highest BCUT2D eigenvalue weighted by atomic mass is 16.6. The summed E-state index contributed by atoms with van der Waals surface area (Å²) in [6, 6.07) is 16.9. The van der Waals surface area contributed by atoms with Gasteiger partial charge in [-0.1, -0.05) is 48.5 Å². The third kappa shape index (κ3) is 3.15. The Hall–Kier alpha value is -2.66. The van der Waals surface area contributed by atoms with Crippen molar-refractivity contribution in [3.8, 4) is 0 Å². The van der Waals surface area contributed by atoms with E-state index < -0.39 is 5.92 Å². The van der Waals surface area contributed by atoms with Crippen molar-refractivity contribution in [2.24, 2.45) is 0 Å². The number of nitrogens with one attached hydrogen (secondary N) is 2. The molecule has 2 aromatic rings. The van der Waals surface area contributed by atoms with Crippen LogP contribution in [0.4, 0.5) is 5.69 Å². The lowest BCUT2D eigenvalue weighted by Crippen LogP contribution is -2.35. The Morgan fingerprint density at radius 1 is 1.14 bits per heavy atom. The van der Waals surface area contributed by atoms with Crippen LogP contribution < -0.4 is 10.8 Å². The van der Waals surface area contributed by atoms with Gasteiger partial charge in [0.15, 0.2) is 0 Å². The van der Waals surface area contributed by atoms with Crippen molar-refractivity contribution in [2.45, 2.75) is 18.9 Å². The molecule has 0 fully saturated rings. The summed E-state index contributed by atoms with van der Waals surface area (Å²) in [7, 11) is 0. The van der Waals surface area contributed by atoms with Gasteiger partial charge in [0.05, 0.1) is 12.5 Å². The van der Waals surface area contributed by atoms with Gasteiger partial charge in [0, 0.05) is 12.1 Å². The Labute approximate surface area is 128 Å². The molecule has 0 saturated carbocycles. The van der Waals surface area contributed by atoms with Crippen molar-refractivity contribution < 1.29 is 14.4 Å². The van der Waals surface area contributed by atoms with Crippen LogP contribution in [0.3, 0.4) is 0 Å². The van der Waals surface area contributed by atoms with Gasteiger partial charge >= 0.3 is 0 Å². The second kappa shape index (κ2) is 6.41. The van der Waals surface area contributed by atoms with Gasteiger partial charge in [0.1, 0.15) is 0 Å². The standard InChI is InChI=1S/C17H16N2O3/c20-16-10-14(13-8-4-5-9-15(13)18-16)17(21)19-22-11-12-6-2-1-3-7-12/h1-9,14H,10-11H2,(H,18,20)(H,19,21)/t14-/m0/s1. The molecule has 1 heterocycles. The van der Waals surface area contributed by atoms with E-state index in [1.165, 1.54) is 0 Å². The molecule has 5 heteroatoms. The van der Waals surface area contributed by atoms with E-state index in [9.17, 15) is 9.59 Å². The van der Waals surface area contributed by atoms with Crippen molar-refractivity contribution in [1.29, 1.82) is 0 Å². The molecule has 1 aliphatic heterocycles. The maximum Gasteiger partial charge on any atom is 0.251 e. The van der Waals surface area contributed by atoms with Crippen molar-refractivity contribution in [3.05, 3.63) is 65.7 Å². The highest BCUT2D eigenvalue weighted by Crippen LogP contribution is 2.31. The normalized spacial score (nSPS) is 16.5. The molecule has 0 radical (unpaired) electrons. The fourth-order valence-corrected chi connectivity index (χ4v) is 2.48. The lowest BCUT2D eigenvalue weighted by atomic mass is 9.90. The van der Waals surface area contributed by atoms with Crippen LogP contribution in [-0.4, -0.2) is 11.8 Å². The molecule has 1 atom stereocenters. The highest BCUT2D eigenvalue weighted by Gasteiger charge is 2.30. The van der Waals surface area contributed by atoms with Gasteiger partial charge in [0.2, 0.25) is 5.91 Å². The predicted molar refractivity (Wildman–Crippen MR) is 81.8 cm³/mol. The molecule has 2 aromatic carbocycles. The fourth-order valence-electron chi connectivity index (χ4n) is 2.48. The van der Waals surface area contributed by atoms with Gasteiger partial charge in [0.25, 0.3) is 5.91 Å². The molecule has 0 saturated heterocycles. The minimum atomic E-state index is -0.527. The van der Waals surface area contributed by atoms with E-state index in [0.717, 1.165) is 11.1 Å². The Bertz CT molecular complexity index is 685. The first-order valence-electron chi connectivity index (χ1n) is 7.08. The molecule has 0 unspecified atom stereocenters. The van der Waals surface area contributed by atoms with Crippen LogP contribution in [0, 0.1) is 0 Å². The van der Waals surface area contributed by atoms with Crippen molar-refractivity contribution in [2.75, 3.05) is 5.32 Å². The number of anilines is 1. The SMILES string of the molecule is O=C1C[C@H](C(=O)NOCc2ccccc2)c2ccccc2N1. The maximum absolute atomic E-state index is 12.3. The van der Waals surface area contributed by atoms with Gasteiger partial charge < -0.3 is 5.32 Å². The Balaban J connectivity index is 1.64. The lowest BCUT2D eigenvalue weighted by Gasteiger charge is -2.24. The number of carbonyl (C=O) groups excluding carboxylic acids is 2. The summed E-state index contributed by atoms with van der Waals surface area (Å²) in [5, 5.41) is 2.77. The van der Waals surface area contributed by atoms with E-state index >= 15 is 0 Å². The quantitative estimate of drug-likeness (QED) is 0.851. The first-order valence-corrected chi connectivity index (χ1v) is 7.08. The topological polar surface area (TPSA) is 67.4 Å². The van der Waals surface area contributed by atoms with Gasteiger partial charge in [-0.05, 0) is 17.2 Å². The average molecular weight is 296 g/mol. The molecular weight excluding hydrogens is 280 g/mol. The molecule has 2 N–H and O–H groups in total. The molecule has 2 amide bonds. The van der Waals surface area contributed by atoms with Crippen LogP contribution in [0.5, 0.6) is 0 Å². The Morgan fingerprint density at radius 3 is 2.68 bits per heavy atom. The van der Waals surface area contributed by atoms with Gasteiger partial charge in [-0.3, -0.25) is 14.4 Å². The van der Waals surface area contributed by atoms with Crippen LogP contribution in [0.1, 0.15) is 23.5 Å². The summed E-state index contributed by atoms with van der Waals surface area (Å²) in [6.45, 7) is 0.285. The zero-order valence-corrected chi connectivity index (χ0v) is 11.9. The monoisotopic (exact) mass is 296 g/mol. The van der Waals surface area contributed by atoms with Crippen molar-refractivity contribution in [1.82, 2.24) is 5.48 Å². The molecule has 22 heavy (non-hydrogen) atoms. The minimum Gasteiger partial charge on any atom is -0.326 e. The molecule has 0 aromatic heterocycles. The van der Waals surface area contributed by atoms with E-state index in [1.54, 1.807) is 6.07 Å². The molecular formula is C17H16N2O3. The van der Waals surface area contributed by atoms with Crippen LogP contribution >= 0.6 is 0 Å². The summed E-state index contributed by atoms with van der Waals surface area (Å²) < 4.78 is 0. The predicted octanol–water partition coefficient (Wildman–Crippen LogP) is 2.36. The summed E-state index contributed by atoms with van der Waals surface area (Å²) in [6.07, 6.45) is 0.123. The van der Waals surface area contributed by atoms with E-state index in [4.69, 9.17) is 4.84 Å². The summed E-state index contributed by atoms with van der Waals surface area (Å²) in [4.78, 5) is 29.2. The largest absolute Gasteiger partial charge is 0.326 e. The van der Waals surface area contributed by atoms with Crippen molar-refractivity contribution >= 4 is 17.5 Å². The first-order chi connectivity index (χ1) is 10.7.